The van der Waals surface area contributed by atoms with Crippen LogP contribution in [0.4, 0.5) is 4.79 Å². The summed E-state index contributed by atoms with van der Waals surface area (Å²) in [5.74, 6) is -1.64. The molecule has 0 radical (unpaired) electrons. The van der Waals surface area contributed by atoms with Crippen LogP contribution in [0.25, 0.3) is 0 Å². The van der Waals surface area contributed by atoms with Gasteiger partial charge in [-0.3, -0.25) is 14.4 Å². The van der Waals surface area contributed by atoms with Crippen LogP contribution in [0.15, 0.2) is 60.7 Å². The summed E-state index contributed by atoms with van der Waals surface area (Å²) in [6, 6.07) is 16.2. The molecule has 0 aliphatic heterocycles. The van der Waals surface area contributed by atoms with Gasteiger partial charge in [-0.1, -0.05) is 74.5 Å². The monoisotopic (exact) mass is 567 g/mol. The third-order valence-electron chi connectivity index (χ3n) is 6.36. The molecule has 0 aromatic heterocycles. The van der Waals surface area contributed by atoms with E-state index in [0.717, 1.165) is 10.5 Å². The number of hydrogen-bond donors (Lipinski definition) is 4. The first kappa shape index (κ1) is 33.3. The molecule has 10 heteroatoms. The van der Waals surface area contributed by atoms with Crippen LogP contribution in [-0.2, 0) is 27.3 Å². The van der Waals surface area contributed by atoms with Crippen molar-refractivity contribution in [3.8, 4) is 0 Å². The highest BCUT2D eigenvalue weighted by Crippen LogP contribution is 2.17. The molecule has 0 aliphatic rings. The van der Waals surface area contributed by atoms with Crippen LogP contribution in [0.1, 0.15) is 58.6 Å². The van der Waals surface area contributed by atoms with Gasteiger partial charge in [-0.15, -0.1) is 0 Å². The molecule has 4 amide bonds. The Morgan fingerprint density at radius 3 is 1.93 bits per heavy atom. The number of nitrogens with one attached hydrogen (secondary N) is 3. The Morgan fingerprint density at radius 1 is 0.878 bits per heavy atom. The van der Waals surface area contributed by atoms with E-state index in [9.17, 15) is 29.4 Å². The van der Waals surface area contributed by atoms with Crippen LogP contribution >= 0.6 is 0 Å². The molecule has 0 aliphatic carbocycles. The van der Waals surface area contributed by atoms with Gasteiger partial charge < -0.3 is 35.9 Å². The minimum Gasteiger partial charge on any atom is -0.530 e. The lowest BCUT2D eigenvalue weighted by Crippen LogP contribution is -2.59. The smallest absolute Gasteiger partial charge is 0.243 e. The van der Waals surface area contributed by atoms with Crippen molar-refractivity contribution < 1.29 is 29.4 Å². The van der Waals surface area contributed by atoms with E-state index in [-0.39, 0.29) is 38.3 Å². The van der Waals surface area contributed by atoms with E-state index < -0.39 is 47.6 Å². The predicted octanol–water partition coefficient (Wildman–Crippen LogP) is 1.76. The van der Waals surface area contributed by atoms with E-state index in [4.69, 9.17) is 0 Å². The molecule has 10 nitrogen and oxygen atoms in total. The first-order valence-corrected chi connectivity index (χ1v) is 13.9. The van der Waals surface area contributed by atoms with Gasteiger partial charge in [-0.25, -0.2) is 0 Å². The lowest BCUT2D eigenvalue weighted by atomic mass is 9.97. The average Bonchev–Trinajstić information content (AvgIpc) is 2.89. The van der Waals surface area contributed by atoms with Crippen molar-refractivity contribution in [2.75, 3.05) is 6.54 Å². The summed E-state index contributed by atoms with van der Waals surface area (Å²) >= 11 is 0. The molecule has 3 atom stereocenters. The van der Waals surface area contributed by atoms with Crippen molar-refractivity contribution in [3.63, 3.8) is 0 Å². The van der Waals surface area contributed by atoms with Gasteiger partial charge in [0.05, 0.1) is 12.1 Å². The predicted molar refractivity (Wildman–Crippen MR) is 154 cm³/mol. The van der Waals surface area contributed by atoms with E-state index in [1.807, 2.05) is 57.2 Å². The highest BCUT2D eigenvalue weighted by molar-refractivity contribution is 5.86. The Bertz CT molecular complexity index is 1130. The fourth-order valence-corrected chi connectivity index (χ4v) is 4.44. The van der Waals surface area contributed by atoms with Crippen molar-refractivity contribution in [1.29, 1.82) is 0 Å². The van der Waals surface area contributed by atoms with Crippen LogP contribution in [0.3, 0.4) is 0 Å². The maximum atomic E-state index is 13.6. The summed E-state index contributed by atoms with van der Waals surface area (Å²) in [5, 5.41) is 31.4. The molecule has 0 unspecified atom stereocenters. The summed E-state index contributed by atoms with van der Waals surface area (Å²) in [5.41, 5.74) is 1.13. The third-order valence-corrected chi connectivity index (χ3v) is 6.36. The zero-order valence-electron chi connectivity index (χ0n) is 24.6. The summed E-state index contributed by atoms with van der Waals surface area (Å²) < 4.78 is 0. The van der Waals surface area contributed by atoms with Crippen LogP contribution in [0, 0.1) is 5.92 Å². The van der Waals surface area contributed by atoms with Crippen molar-refractivity contribution in [3.05, 3.63) is 71.8 Å². The molecule has 0 spiro atoms. The second-order valence-corrected chi connectivity index (χ2v) is 11.5. The minimum absolute atomic E-state index is 0.0000796. The first-order chi connectivity index (χ1) is 19.3. The molecule has 224 valence electrons. The van der Waals surface area contributed by atoms with Crippen LogP contribution in [0.5, 0.6) is 0 Å². The lowest BCUT2D eigenvalue weighted by Gasteiger charge is -2.37. The van der Waals surface area contributed by atoms with Gasteiger partial charge in [0, 0.05) is 31.5 Å². The Balaban J connectivity index is 2.14. The number of carbonyl (C=O) groups is 4. The lowest BCUT2D eigenvalue weighted by molar-refractivity contribution is -0.269. The summed E-state index contributed by atoms with van der Waals surface area (Å²) in [7, 11) is 0. The summed E-state index contributed by atoms with van der Waals surface area (Å²) in [4.78, 5) is 51.1. The van der Waals surface area contributed by atoms with Crippen LogP contribution < -0.4 is 21.1 Å². The molecule has 41 heavy (non-hydrogen) atoms. The first-order valence-electron chi connectivity index (χ1n) is 13.9. The molecule has 0 heterocycles. The van der Waals surface area contributed by atoms with E-state index in [1.54, 1.807) is 38.1 Å². The van der Waals surface area contributed by atoms with Gasteiger partial charge >= 0.3 is 0 Å². The molecule has 4 N–H and O–H groups in total. The van der Waals surface area contributed by atoms with Crippen molar-refractivity contribution >= 4 is 23.8 Å². The van der Waals surface area contributed by atoms with Gasteiger partial charge in [0.1, 0.15) is 12.1 Å². The molecule has 0 saturated heterocycles. The minimum atomic E-state index is -1.48. The Labute approximate surface area is 242 Å². The number of aliphatic hydroxyl groups excluding tert-OH is 1. The van der Waals surface area contributed by atoms with E-state index in [1.165, 1.54) is 0 Å². The number of rotatable bonds is 14. The average molecular weight is 568 g/mol. The molecule has 0 saturated carbocycles. The van der Waals surface area contributed by atoms with Gasteiger partial charge in [0.25, 0.3) is 0 Å². The van der Waals surface area contributed by atoms with Gasteiger partial charge in [0.15, 0.2) is 0 Å². The molecular formula is C31H43N4O6-. The van der Waals surface area contributed by atoms with E-state index in [2.05, 4.69) is 16.0 Å². The number of aliphatic hydroxyl groups is 1. The van der Waals surface area contributed by atoms with Crippen LogP contribution in [-0.4, -0.2) is 64.1 Å². The molecule has 2 aromatic rings. The Morgan fingerprint density at radius 2 is 1.41 bits per heavy atom. The van der Waals surface area contributed by atoms with Crippen molar-refractivity contribution in [1.82, 2.24) is 20.9 Å². The number of carbonyl (C=O) groups excluding carboxylic acids is 4. The van der Waals surface area contributed by atoms with E-state index in [0.29, 0.717) is 5.56 Å². The number of benzene rings is 2. The fourth-order valence-electron chi connectivity index (χ4n) is 4.44. The topological polar surface area (TPSA) is 151 Å². The number of hydrogen-bond acceptors (Lipinski definition) is 6. The van der Waals surface area contributed by atoms with Gasteiger partial charge in [-0.2, -0.15) is 0 Å². The molecule has 2 aromatic carbocycles. The highest BCUT2D eigenvalue weighted by atomic mass is 16.4. The number of nitrogens with zero attached hydrogens (tertiary/aromatic N) is 1. The second kappa shape index (κ2) is 15.8. The maximum absolute atomic E-state index is 13.6. The quantitative estimate of drug-likeness (QED) is 0.273. The molecule has 0 fully saturated rings. The summed E-state index contributed by atoms with van der Waals surface area (Å²) in [6.07, 6.45) is -2.48. The van der Waals surface area contributed by atoms with Crippen molar-refractivity contribution in [2.45, 2.75) is 84.2 Å². The molecular weight excluding hydrogens is 524 g/mol. The third kappa shape index (κ3) is 12.0. The highest BCUT2D eigenvalue weighted by Gasteiger charge is 2.32. The van der Waals surface area contributed by atoms with Gasteiger partial charge in [-0.05, 0) is 44.2 Å². The maximum Gasteiger partial charge on any atom is 0.243 e. The zero-order valence-corrected chi connectivity index (χ0v) is 24.6. The zero-order chi connectivity index (χ0) is 30.6. The standard InChI is InChI=1S/C31H44N4O6/c1-21(2)28(35(30(40)41)20-23-14-10-7-11-15-23)29(39)33-24(18-22-12-8-6-9-13-22)25(36)19-32-26(37)16-17-27(38)34-31(3,4)5/h6-15,21,24-25,28,36H,16-20H2,1-5H3,(H,32,37)(H,33,39)(H,34,38)(H,40,41)/p-1/t24-,25+,28-/m0/s1. The van der Waals surface area contributed by atoms with E-state index >= 15 is 0 Å². The number of amides is 4. The molecule has 0 bridgehead atoms. The van der Waals surface area contributed by atoms with Crippen LogP contribution in [0.2, 0.25) is 0 Å². The normalized spacial score (nSPS) is 13.5. The SMILES string of the molecule is CC(C)[C@@H](C(=O)N[C@@H](Cc1ccccc1)[C@H](O)CNC(=O)CCC(=O)NC(C)(C)C)N(Cc1ccccc1)C(=O)[O-]. The molecule has 2 rings (SSSR count). The largest absolute Gasteiger partial charge is 0.530 e. The Kier molecular flexibility index (Phi) is 12.8. The number of carboxylic acid groups (broad SMARTS) is 1. The van der Waals surface area contributed by atoms with Crippen molar-refractivity contribution in [2.24, 2.45) is 5.92 Å². The Hall–Kier alpha value is -3.92. The van der Waals surface area contributed by atoms with Gasteiger partial charge in [0.2, 0.25) is 17.7 Å². The fraction of sp³-hybridized carbons (Fsp3) is 0.484. The second-order valence-electron chi connectivity index (χ2n) is 11.5. The summed E-state index contributed by atoms with van der Waals surface area (Å²) in [6.45, 7) is 8.82.